The molecule has 7 heteroatoms. The Balaban J connectivity index is 2.53. The largest absolute Gasteiger partial charge is 0.387 e. The molecule has 0 unspecified atom stereocenters. The molecule has 1 aliphatic heterocycles. The number of aliphatic hydroxyl groups excluding tert-OH is 1. The van der Waals surface area contributed by atoms with Crippen LogP contribution in [-0.4, -0.2) is 67.2 Å². The molecule has 1 saturated heterocycles. The molecule has 0 aliphatic carbocycles. The minimum atomic E-state index is -3.14. The fraction of sp³-hybridized carbons (Fsp3) is 0.875. The molecular weight excluding hydrogens is 220 g/mol. The van der Waals surface area contributed by atoms with Crippen LogP contribution in [-0.2, 0) is 14.8 Å². The second-order valence-corrected chi connectivity index (χ2v) is 5.60. The van der Waals surface area contributed by atoms with E-state index in [4.69, 9.17) is 5.11 Å². The van der Waals surface area contributed by atoms with Crippen LogP contribution in [0.3, 0.4) is 0 Å². The number of sulfonamides is 1. The van der Waals surface area contributed by atoms with Crippen molar-refractivity contribution in [2.75, 3.05) is 38.5 Å². The number of carbonyl (C=O) groups excluding carboxylic acids is 1. The van der Waals surface area contributed by atoms with E-state index >= 15 is 0 Å². The van der Waals surface area contributed by atoms with Crippen LogP contribution in [0.2, 0.25) is 0 Å². The third-order valence-corrected chi connectivity index (χ3v) is 4.37. The van der Waals surface area contributed by atoms with Crippen molar-refractivity contribution in [1.82, 2.24) is 9.21 Å². The third-order valence-electron chi connectivity index (χ3n) is 2.48. The van der Waals surface area contributed by atoms with Gasteiger partial charge in [-0.1, -0.05) is 0 Å². The summed E-state index contributed by atoms with van der Waals surface area (Å²) in [6.45, 7) is 2.45. The molecule has 1 aliphatic rings. The maximum Gasteiger partial charge on any atom is 0.248 e. The number of carbonyl (C=O) groups is 1. The van der Waals surface area contributed by atoms with E-state index in [0.29, 0.717) is 26.2 Å². The van der Waals surface area contributed by atoms with Crippen LogP contribution < -0.4 is 0 Å². The van der Waals surface area contributed by atoms with Crippen molar-refractivity contribution in [3.8, 4) is 0 Å². The highest BCUT2D eigenvalue weighted by Gasteiger charge is 2.26. The quantitative estimate of drug-likeness (QED) is 0.645. The Bertz CT molecular complexity index is 320. The number of rotatable bonds is 3. The first-order chi connectivity index (χ1) is 7.01. The molecule has 1 fully saturated rings. The first kappa shape index (κ1) is 12.4. The van der Waals surface area contributed by atoms with Crippen molar-refractivity contribution in [2.24, 2.45) is 0 Å². The second kappa shape index (κ2) is 4.91. The second-order valence-electron chi connectivity index (χ2n) is 3.34. The lowest BCUT2D eigenvalue weighted by atomic mass is 10.3. The average Bonchev–Trinajstić information content (AvgIpc) is 2.28. The van der Waals surface area contributed by atoms with Gasteiger partial charge in [0.25, 0.3) is 0 Å². The molecule has 1 heterocycles. The van der Waals surface area contributed by atoms with Gasteiger partial charge in [0.05, 0.1) is 5.75 Å². The van der Waals surface area contributed by atoms with Gasteiger partial charge in [0.1, 0.15) is 6.61 Å². The molecule has 0 radical (unpaired) electrons. The Morgan fingerprint density at radius 3 is 2.20 bits per heavy atom. The number of nitrogens with zero attached hydrogens (tertiary/aromatic N) is 2. The minimum absolute atomic E-state index is 0.0843. The lowest BCUT2D eigenvalue weighted by molar-refractivity contribution is -0.135. The number of aliphatic hydroxyl groups is 1. The summed E-state index contributed by atoms with van der Waals surface area (Å²) in [5, 5.41) is 8.64. The van der Waals surface area contributed by atoms with Crippen molar-refractivity contribution < 1.29 is 18.3 Å². The smallest absolute Gasteiger partial charge is 0.248 e. The number of amides is 1. The van der Waals surface area contributed by atoms with Gasteiger partial charge in [-0.05, 0) is 6.92 Å². The Morgan fingerprint density at radius 1 is 1.27 bits per heavy atom. The van der Waals surface area contributed by atoms with E-state index in [-0.39, 0.29) is 11.7 Å². The normalized spacial score (nSPS) is 19.2. The van der Waals surface area contributed by atoms with Gasteiger partial charge in [0, 0.05) is 26.2 Å². The first-order valence-corrected chi connectivity index (χ1v) is 6.48. The van der Waals surface area contributed by atoms with E-state index in [1.54, 1.807) is 6.92 Å². The monoisotopic (exact) mass is 236 g/mol. The average molecular weight is 236 g/mol. The summed E-state index contributed by atoms with van der Waals surface area (Å²) >= 11 is 0. The molecule has 0 aromatic heterocycles. The standard InChI is InChI=1S/C8H16N2O4S/c1-2-15(13,14)10-5-3-9(4-6-10)8(12)7-11/h11H,2-7H2,1H3. The Hall–Kier alpha value is -0.660. The summed E-state index contributed by atoms with van der Waals surface area (Å²) in [5.41, 5.74) is 0. The highest BCUT2D eigenvalue weighted by molar-refractivity contribution is 7.89. The Kier molecular flexibility index (Phi) is 4.06. The highest BCUT2D eigenvalue weighted by Crippen LogP contribution is 2.07. The van der Waals surface area contributed by atoms with Crippen LogP contribution in [0.5, 0.6) is 0 Å². The summed E-state index contributed by atoms with van der Waals surface area (Å²) in [6.07, 6.45) is 0. The van der Waals surface area contributed by atoms with Gasteiger partial charge >= 0.3 is 0 Å². The van der Waals surface area contributed by atoms with E-state index in [0.717, 1.165) is 0 Å². The van der Waals surface area contributed by atoms with Crippen LogP contribution in [0.4, 0.5) is 0 Å². The van der Waals surface area contributed by atoms with Crippen LogP contribution in [0.25, 0.3) is 0 Å². The summed E-state index contributed by atoms with van der Waals surface area (Å²) < 4.78 is 24.3. The summed E-state index contributed by atoms with van der Waals surface area (Å²) in [4.78, 5) is 12.6. The zero-order valence-corrected chi connectivity index (χ0v) is 9.53. The van der Waals surface area contributed by atoms with Gasteiger partial charge in [0.2, 0.25) is 15.9 Å². The third kappa shape index (κ3) is 2.90. The maximum atomic E-state index is 11.5. The van der Waals surface area contributed by atoms with Gasteiger partial charge in [-0.2, -0.15) is 4.31 Å². The summed E-state index contributed by atoms with van der Waals surface area (Å²) in [6, 6.07) is 0. The van der Waals surface area contributed by atoms with Crippen molar-refractivity contribution in [3.63, 3.8) is 0 Å². The molecule has 15 heavy (non-hydrogen) atoms. The summed E-state index contributed by atoms with van der Waals surface area (Å²) in [7, 11) is -3.14. The lowest BCUT2D eigenvalue weighted by Gasteiger charge is -2.33. The fourth-order valence-electron chi connectivity index (χ4n) is 1.50. The van der Waals surface area contributed by atoms with Gasteiger partial charge in [-0.25, -0.2) is 8.42 Å². The molecule has 0 atom stereocenters. The SMILES string of the molecule is CCS(=O)(=O)N1CCN(C(=O)CO)CC1. The number of piperazine rings is 1. The highest BCUT2D eigenvalue weighted by atomic mass is 32.2. The zero-order valence-electron chi connectivity index (χ0n) is 8.72. The Morgan fingerprint density at radius 2 is 1.80 bits per heavy atom. The van der Waals surface area contributed by atoms with Gasteiger partial charge < -0.3 is 10.0 Å². The van der Waals surface area contributed by atoms with Crippen LogP contribution in [0, 0.1) is 0 Å². The molecule has 1 N–H and O–H groups in total. The van der Waals surface area contributed by atoms with Crippen LogP contribution >= 0.6 is 0 Å². The molecular formula is C8H16N2O4S. The van der Waals surface area contributed by atoms with Crippen LogP contribution in [0.1, 0.15) is 6.92 Å². The van der Waals surface area contributed by atoms with E-state index in [9.17, 15) is 13.2 Å². The molecule has 88 valence electrons. The molecule has 0 aromatic carbocycles. The molecule has 1 amide bonds. The molecule has 0 bridgehead atoms. The van der Waals surface area contributed by atoms with E-state index < -0.39 is 16.6 Å². The Labute approximate surface area is 89.5 Å². The maximum absolute atomic E-state index is 11.5. The van der Waals surface area contributed by atoms with E-state index in [2.05, 4.69) is 0 Å². The molecule has 0 spiro atoms. The minimum Gasteiger partial charge on any atom is -0.387 e. The van der Waals surface area contributed by atoms with Gasteiger partial charge in [-0.15, -0.1) is 0 Å². The predicted octanol–water partition coefficient (Wildman–Crippen LogP) is -1.53. The van der Waals surface area contributed by atoms with E-state index in [1.807, 2.05) is 0 Å². The fourth-order valence-corrected chi connectivity index (χ4v) is 2.58. The first-order valence-electron chi connectivity index (χ1n) is 4.87. The zero-order chi connectivity index (χ0) is 11.5. The molecule has 0 saturated carbocycles. The van der Waals surface area contributed by atoms with Crippen molar-refractivity contribution in [3.05, 3.63) is 0 Å². The van der Waals surface area contributed by atoms with Crippen molar-refractivity contribution >= 4 is 15.9 Å². The van der Waals surface area contributed by atoms with Gasteiger partial charge in [0.15, 0.2) is 0 Å². The molecule has 6 nitrogen and oxygen atoms in total. The molecule has 1 rings (SSSR count). The van der Waals surface area contributed by atoms with Crippen molar-refractivity contribution in [1.29, 1.82) is 0 Å². The summed E-state index contributed by atoms with van der Waals surface area (Å²) in [5.74, 6) is -0.260. The van der Waals surface area contributed by atoms with E-state index in [1.165, 1.54) is 9.21 Å². The van der Waals surface area contributed by atoms with Gasteiger partial charge in [-0.3, -0.25) is 4.79 Å². The number of hydrogen-bond acceptors (Lipinski definition) is 4. The lowest BCUT2D eigenvalue weighted by Crippen LogP contribution is -2.51. The molecule has 0 aromatic rings. The predicted molar refractivity (Wildman–Crippen MR) is 54.7 cm³/mol. The van der Waals surface area contributed by atoms with Crippen LogP contribution in [0.15, 0.2) is 0 Å². The van der Waals surface area contributed by atoms with Crippen molar-refractivity contribution in [2.45, 2.75) is 6.92 Å². The number of hydrogen-bond donors (Lipinski definition) is 1. The topological polar surface area (TPSA) is 77.9 Å².